The molecule has 0 aliphatic carbocycles. The van der Waals surface area contributed by atoms with E-state index in [1.54, 1.807) is 6.92 Å². The Morgan fingerprint density at radius 1 is 1.58 bits per heavy atom. The highest BCUT2D eigenvalue weighted by molar-refractivity contribution is 6.64. The fourth-order valence-electron chi connectivity index (χ4n) is 0.534. The molecule has 0 aliphatic heterocycles. The Hall–Kier alpha value is -1.59. The maximum absolute atomic E-state index is 11.0. The summed E-state index contributed by atoms with van der Waals surface area (Å²) in [4.78, 5) is 25.8. The van der Waals surface area contributed by atoms with Gasteiger partial charge in [-0.1, -0.05) is 5.16 Å². The molecule has 0 aliphatic rings. The molecule has 12 heavy (non-hydrogen) atoms. The van der Waals surface area contributed by atoms with Crippen LogP contribution in [0.25, 0.3) is 0 Å². The second kappa shape index (κ2) is 5.11. The third-order valence-electron chi connectivity index (χ3n) is 0.968. The quantitative estimate of drug-likeness (QED) is 0.311. The highest BCUT2D eigenvalue weighted by atomic mass is 16.6. The van der Waals surface area contributed by atoms with Crippen molar-refractivity contribution in [2.24, 2.45) is 10.9 Å². The second-order valence-electron chi connectivity index (χ2n) is 1.85. The molecule has 0 heterocycles. The van der Waals surface area contributed by atoms with Crippen molar-refractivity contribution in [3.63, 3.8) is 0 Å². The molecular weight excluding hydrogens is 162 g/mol. The van der Waals surface area contributed by atoms with Gasteiger partial charge in [0.1, 0.15) is 7.11 Å². The molecule has 0 bridgehead atoms. The summed E-state index contributed by atoms with van der Waals surface area (Å²) in [6, 6.07) is 0. The molecule has 0 aromatic carbocycles. The van der Waals surface area contributed by atoms with E-state index in [9.17, 15) is 9.59 Å². The SMILES string of the molecule is CCNC(=O)C(=NOC)C(N)=O. The molecule has 0 atom stereocenters. The molecule has 2 amide bonds. The lowest BCUT2D eigenvalue weighted by atomic mass is 10.3. The van der Waals surface area contributed by atoms with Gasteiger partial charge in [-0.15, -0.1) is 0 Å². The van der Waals surface area contributed by atoms with Crippen LogP contribution in [0.15, 0.2) is 5.16 Å². The standard InChI is InChI=1S/C6H11N3O3/c1-3-8-6(11)4(5(7)10)9-12-2/h3H2,1-2H3,(H2,7,10)(H,8,11). The predicted octanol–water partition coefficient (Wildman–Crippen LogP) is -1.39. The van der Waals surface area contributed by atoms with E-state index in [0.717, 1.165) is 0 Å². The largest absolute Gasteiger partial charge is 0.398 e. The summed E-state index contributed by atoms with van der Waals surface area (Å²) in [7, 11) is 1.22. The maximum Gasteiger partial charge on any atom is 0.279 e. The summed E-state index contributed by atoms with van der Waals surface area (Å²) in [6.07, 6.45) is 0. The van der Waals surface area contributed by atoms with E-state index >= 15 is 0 Å². The van der Waals surface area contributed by atoms with Gasteiger partial charge in [0, 0.05) is 6.54 Å². The van der Waals surface area contributed by atoms with E-state index < -0.39 is 17.5 Å². The van der Waals surface area contributed by atoms with Crippen LogP contribution < -0.4 is 11.1 Å². The van der Waals surface area contributed by atoms with Gasteiger partial charge >= 0.3 is 0 Å². The van der Waals surface area contributed by atoms with Gasteiger partial charge in [-0.05, 0) is 6.92 Å². The molecule has 0 unspecified atom stereocenters. The minimum absolute atomic E-state index is 0.398. The summed E-state index contributed by atoms with van der Waals surface area (Å²) in [5.41, 5.74) is 4.41. The van der Waals surface area contributed by atoms with Crippen molar-refractivity contribution in [2.45, 2.75) is 6.92 Å². The number of hydrogen-bond acceptors (Lipinski definition) is 4. The number of rotatable bonds is 4. The zero-order valence-electron chi connectivity index (χ0n) is 6.96. The molecule has 0 fully saturated rings. The Balaban J connectivity index is 4.41. The highest BCUT2D eigenvalue weighted by Crippen LogP contribution is 1.79. The normalized spacial score (nSPS) is 10.7. The average Bonchev–Trinajstić information content (AvgIpc) is 1.99. The number of carbonyl (C=O) groups excluding carboxylic acids is 2. The van der Waals surface area contributed by atoms with E-state index in [1.807, 2.05) is 0 Å². The Morgan fingerprint density at radius 3 is 2.50 bits per heavy atom. The van der Waals surface area contributed by atoms with Crippen molar-refractivity contribution in [3.05, 3.63) is 0 Å². The molecule has 3 N–H and O–H groups in total. The van der Waals surface area contributed by atoms with Crippen LogP contribution in [0, 0.1) is 0 Å². The van der Waals surface area contributed by atoms with Crippen LogP contribution in [0.5, 0.6) is 0 Å². The first-order valence-electron chi connectivity index (χ1n) is 3.32. The molecule has 0 aromatic rings. The van der Waals surface area contributed by atoms with Gasteiger partial charge in [0.15, 0.2) is 0 Å². The predicted molar refractivity (Wildman–Crippen MR) is 42.3 cm³/mol. The number of nitrogens with zero attached hydrogens (tertiary/aromatic N) is 1. The van der Waals surface area contributed by atoms with Crippen LogP contribution in [-0.2, 0) is 14.4 Å². The van der Waals surface area contributed by atoms with E-state index in [2.05, 4.69) is 15.3 Å². The van der Waals surface area contributed by atoms with Gasteiger partial charge in [-0.2, -0.15) is 0 Å². The third kappa shape index (κ3) is 3.00. The lowest BCUT2D eigenvalue weighted by molar-refractivity contribution is -0.117. The molecule has 6 nitrogen and oxygen atoms in total. The summed E-state index contributed by atoms with van der Waals surface area (Å²) in [6.45, 7) is 2.11. The summed E-state index contributed by atoms with van der Waals surface area (Å²) in [5.74, 6) is -1.55. The molecule has 0 saturated carbocycles. The fourth-order valence-corrected chi connectivity index (χ4v) is 0.534. The van der Waals surface area contributed by atoms with Crippen molar-refractivity contribution >= 4 is 17.5 Å². The number of nitrogens with two attached hydrogens (primary N) is 1. The molecule has 68 valence electrons. The number of oxime groups is 1. The summed E-state index contributed by atoms with van der Waals surface area (Å²) < 4.78 is 0. The van der Waals surface area contributed by atoms with Crippen LogP contribution >= 0.6 is 0 Å². The third-order valence-corrected chi connectivity index (χ3v) is 0.968. The van der Waals surface area contributed by atoms with Crippen LogP contribution in [0.1, 0.15) is 6.92 Å². The van der Waals surface area contributed by atoms with Crippen LogP contribution in [0.2, 0.25) is 0 Å². The zero-order chi connectivity index (χ0) is 9.56. The fraction of sp³-hybridized carbons (Fsp3) is 0.500. The lowest BCUT2D eigenvalue weighted by Crippen LogP contribution is -2.39. The lowest BCUT2D eigenvalue weighted by Gasteiger charge is -2.00. The van der Waals surface area contributed by atoms with Gasteiger partial charge in [0.05, 0.1) is 0 Å². The van der Waals surface area contributed by atoms with Crippen molar-refractivity contribution < 1.29 is 14.4 Å². The van der Waals surface area contributed by atoms with E-state index in [0.29, 0.717) is 6.54 Å². The Bertz CT molecular complexity index is 212. The van der Waals surface area contributed by atoms with Gasteiger partial charge in [0.2, 0.25) is 5.71 Å². The number of hydrogen-bond donors (Lipinski definition) is 2. The molecule has 0 rings (SSSR count). The van der Waals surface area contributed by atoms with Crippen LogP contribution in [0.4, 0.5) is 0 Å². The number of amides is 2. The molecular formula is C6H11N3O3. The summed E-state index contributed by atoms with van der Waals surface area (Å²) >= 11 is 0. The van der Waals surface area contributed by atoms with Crippen LogP contribution in [0.3, 0.4) is 0 Å². The van der Waals surface area contributed by atoms with Crippen molar-refractivity contribution in [3.8, 4) is 0 Å². The molecule has 6 heteroatoms. The van der Waals surface area contributed by atoms with Crippen molar-refractivity contribution in [1.29, 1.82) is 0 Å². The number of carbonyl (C=O) groups is 2. The average molecular weight is 173 g/mol. The molecule has 0 aromatic heterocycles. The smallest absolute Gasteiger partial charge is 0.279 e. The first kappa shape index (κ1) is 10.4. The van der Waals surface area contributed by atoms with Gasteiger partial charge in [-0.25, -0.2) is 0 Å². The van der Waals surface area contributed by atoms with E-state index in [4.69, 9.17) is 5.73 Å². The molecule has 0 spiro atoms. The second-order valence-corrected chi connectivity index (χ2v) is 1.85. The number of nitrogens with one attached hydrogen (secondary N) is 1. The molecule has 0 radical (unpaired) electrons. The van der Waals surface area contributed by atoms with Crippen molar-refractivity contribution in [2.75, 3.05) is 13.7 Å². The van der Waals surface area contributed by atoms with Crippen molar-refractivity contribution in [1.82, 2.24) is 5.32 Å². The Kier molecular flexibility index (Phi) is 4.43. The van der Waals surface area contributed by atoms with Gasteiger partial charge in [0.25, 0.3) is 11.8 Å². The minimum Gasteiger partial charge on any atom is -0.398 e. The zero-order valence-corrected chi connectivity index (χ0v) is 6.96. The Labute approximate surface area is 69.7 Å². The van der Waals surface area contributed by atoms with E-state index in [-0.39, 0.29) is 0 Å². The Morgan fingerprint density at radius 2 is 2.17 bits per heavy atom. The first-order valence-corrected chi connectivity index (χ1v) is 3.32. The monoisotopic (exact) mass is 173 g/mol. The maximum atomic E-state index is 11.0. The molecule has 0 saturated heterocycles. The van der Waals surface area contributed by atoms with Gasteiger partial charge < -0.3 is 15.9 Å². The van der Waals surface area contributed by atoms with Gasteiger partial charge in [-0.3, -0.25) is 9.59 Å². The van der Waals surface area contributed by atoms with E-state index in [1.165, 1.54) is 7.11 Å². The summed E-state index contributed by atoms with van der Waals surface area (Å²) in [5, 5.41) is 5.53. The number of primary amides is 1. The van der Waals surface area contributed by atoms with Crippen LogP contribution in [-0.4, -0.2) is 31.2 Å². The minimum atomic E-state index is -0.914. The highest BCUT2D eigenvalue weighted by Gasteiger charge is 2.17. The topological polar surface area (TPSA) is 93.8 Å². The first-order chi connectivity index (χ1) is 5.63.